The lowest BCUT2D eigenvalue weighted by atomic mass is 9.93. The lowest BCUT2D eigenvalue weighted by molar-refractivity contribution is -0.0368. The van der Waals surface area contributed by atoms with Gasteiger partial charge < -0.3 is 4.74 Å². The van der Waals surface area contributed by atoms with Crippen LogP contribution in [0.3, 0.4) is 0 Å². The lowest BCUT2D eigenvalue weighted by Crippen LogP contribution is -2.42. The highest BCUT2D eigenvalue weighted by Crippen LogP contribution is 2.30. The number of nitrogens with zero attached hydrogens (tertiary/aromatic N) is 2. The normalized spacial score (nSPS) is 23.3. The van der Waals surface area contributed by atoms with Gasteiger partial charge in [-0.25, -0.2) is 4.98 Å². The minimum Gasteiger partial charge on any atom is -0.368 e. The highest BCUT2D eigenvalue weighted by Gasteiger charge is 2.27. The summed E-state index contributed by atoms with van der Waals surface area (Å²) < 4.78 is 5.89. The molecule has 0 N–H and O–H groups in total. The zero-order chi connectivity index (χ0) is 14.0. The molecule has 1 aromatic rings. The number of thiazole rings is 1. The number of hydrogen-bond donors (Lipinski definition) is 0. The summed E-state index contributed by atoms with van der Waals surface area (Å²) in [7, 11) is 0. The van der Waals surface area contributed by atoms with Crippen LogP contribution in [-0.2, 0) is 10.2 Å². The summed E-state index contributed by atoms with van der Waals surface area (Å²) in [6.45, 7) is 15.3. The molecule has 0 bridgehead atoms. The Bertz CT molecular complexity index is 436. The van der Waals surface area contributed by atoms with Gasteiger partial charge in [0.05, 0.1) is 12.3 Å². The molecule has 0 aromatic carbocycles. The van der Waals surface area contributed by atoms with Gasteiger partial charge in [0.2, 0.25) is 0 Å². The molecule has 0 amide bonds. The maximum absolute atomic E-state index is 5.89. The summed E-state index contributed by atoms with van der Waals surface area (Å²) >= 11 is 1.72. The number of morpholine rings is 1. The molecule has 4 heteroatoms. The first-order valence-corrected chi connectivity index (χ1v) is 7.74. The van der Waals surface area contributed by atoms with E-state index < -0.39 is 0 Å². The Morgan fingerprint density at radius 3 is 2.89 bits per heavy atom. The Balaban J connectivity index is 2.09. The summed E-state index contributed by atoms with van der Waals surface area (Å²) in [5, 5.41) is 3.26. The predicted octanol–water partition coefficient (Wildman–Crippen LogP) is 3.39. The molecule has 0 saturated carbocycles. The molecule has 1 aromatic heterocycles. The number of hydrogen-bond acceptors (Lipinski definition) is 4. The third-order valence-corrected chi connectivity index (χ3v) is 4.52. The van der Waals surface area contributed by atoms with Crippen molar-refractivity contribution in [2.75, 3.05) is 19.7 Å². The quantitative estimate of drug-likeness (QED) is 0.794. The van der Waals surface area contributed by atoms with Crippen LogP contribution in [0.25, 0.3) is 0 Å². The largest absolute Gasteiger partial charge is 0.368 e. The second-order valence-corrected chi connectivity index (χ2v) is 7.04. The molecular weight excluding hydrogens is 256 g/mol. The molecule has 0 unspecified atom stereocenters. The standard InChI is InChI=1S/C15H24N2OS/c1-6-11(2)17-7-8-18-12(9-17)14-16-13(10-19-14)15(3,4)5/h6,10-12H,1,7-9H2,2-5H3/t11-,12-/m0/s1. The van der Waals surface area contributed by atoms with Crippen molar-refractivity contribution in [1.29, 1.82) is 0 Å². The molecule has 2 heterocycles. The number of aromatic nitrogens is 1. The summed E-state index contributed by atoms with van der Waals surface area (Å²) in [6.07, 6.45) is 2.10. The molecule has 1 aliphatic heterocycles. The van der Waals surface area contributed by atoms with Crippen LogP contribution in [-0.4, -0.2) is 35.6 Å². The smallest absolute Gasteiger partial charge is 0.123 e. The molecule has 1 aliphatic rings. The van der Waals surface area contributed by atoms with Crippen LogP contribution >= 0.6 is 11.3 Å². The maximum atomic E-state index is 5.89. The first-order chi connectivity index (χ1) is 8.91. The summed E-state index contributed by atoms with van der Waals surface area (Å²) in [5.74, 6) is 0. The van der Waals surface area contributed by atoms with Gasteiger partial charge in [-0.1, -0.05) is 26.8 Å². The number of rotatable bonds is 3. The molecule has 19 heavy (non-hydrogen) atoms. The Morgan fingerprint density at radius 2 is 2.32 bits per heavy atom. The van der Waals surface area contributed by atoms with Crippen molar-refractivity contribution < 1.29 is 4.74 Å². The summed E-state index contributed by atoms with van der Waals surface area (Å²) in [4.78, 5) is 7.17. The zero-order valence-electron chi connectivity index (χ0n) is 12.3. The molecule has 1 fully saturated rings. The molecular formula is C15H24N2OS. The third kappa shape index (κ3) is 3.44. The van der Waals surface area contributed by atoms with E-state index in [1.165, 1.54) is 0 Å². The van der Waals surface area contributed by atoms with Gasteiger partial charge in [-0.15, -0.1) is 17.9 Å². The van der Waals surface area contributed by atoms with Crippen LogP contribution in [0.4, 0.5) is 0 Å². The van der Waals surface area contributed by atoms with Gasteiger partial charge in [0.1, 0.15) is 11.1 Å². The van der Waals surface area contributed by atoms with Crippen molar-refractivity contribution in [2.24, 2.45) is 0 Å². The topological polar surface area (TPSA) is 25.4 Å². The van der Waals surface area contributed by atoms with Gasteiger partial charge in [-0.2, -0.15) is 0 Å². The van der Waals surface area contributed by atoms with E-state index in [9.17, 15) is 0 Å². The van der Waals surface area contributed by atoms with Crippen molar-refractivity contribution >= 4 is 11.3 Å². The SMILES string of the molecule is C=C[C@H](C)N1CCO[C@H](c2nc(C(C)(C)C)cs2)C1. The third-order valence-electron chi connectivity index (χ3n) is 3.58. The average Bonchev–Trinajstić information content (AvgIpc) is 2.87. The van der Waals surface area contributed by atoms with E-state index in [0.29, 0.717) is 6.04 Å². The maximum Gasteiger partial charge on any atom is 0.123 e. The van der Waals surface area contributed by atoms with Crippen LogP contribution in [0.2, 0.25) is 0 Å². The minimum atomic E-state index is 0.109. The van der Waals surface area contributed by atoms with Crippen LogP contribution in [0, 0.1) is 0 Å². The summed E-state index contributed by atoms with van der Waals surface area (Å²) in [5.41, 5.74) is 1.27. The van der Waals surface area contributed by atoms with E-state index in [1.807, 2.05) is 6.08 Å². The van der Waals surface area contributed by atoms with Crippen LogP contribution < -0.4 is 0 Å². The van der Waals surface area contributed by atoms with Crippen molar-refractivity contribution in [1.82, 2.24) is 9.88 Å². The predicted molar refractivity (Wildman–Crippen MR) is 80.7 cm³/mol. The first-order valence-electron chi connectivity index (χ1n) is 6.86. The Labute approximate surface area is 120 Å². The van der Waals surface area contributed by atoms with E-state index in [4.69, 9.17) is 9.72 Å². The van der Waals surface area contributed by atoms with Gasteiger partial charge in [0.25, 0.3) is 0 Å². The second-order valence-electron chi connectivity index (χ2n) is 6.15. The van der Waals surface area contributed by atoms with Crippen LogP contribution in [0.5, 0.6) is 0 Å². The van der Waals surface area contributed by atoms with Crippen molar-refractivity contribution in [3.8, 4) is 0 Å². The molecule has 1 saturated heterocycles. The number of ether oxygens (including phenoxy) is 1. The first kappa shape index (κ1) is 14.7. The van der Waals surface area contributed by atoms with E-state index in [1.54, 1.807) is 11.3 Å². The van der Waals surface area contributed by atoms with Crippen LogP contribution in [0.1, 0.15) is 44.5 Å². The van der Waals surface area contributed by atoms with E-state index >= 15 is 0 Å². The second kappa shape index (κ2) is 5.73. The molecule has 3 nitrogen and oxygen atoms in total. The van der Waals surface area contributed by atoms with Crippen molar-refractivity contribution in [3.63, 3.8) is 0 Å². The summed E-state index contributed by atoms with van der Waals surface area (Å²) in [6, 6.07) is 0.397. The van der Waals surface area contributed by atoms with Gasteiger partial charge >= 0.3 is 0 Å². The molecule has 2 rings (SSSR count). The fraction of sp³-hybridized carbons (Fsp3) is 0.667. The van der Waals surface area contributed by atoms with Gasteiger partial charge in [0, 0.05) is 29.9 Å². The molecule has 106 valence electrons. The van der Waals surface area contributed by atoms with Gasteiger partial charge in [0.15, 0.2) is 0 Å². The monoisotopic (exact) mass is 280 g/mol. The van der Waals surface area contributed by atoms with Gasteiger partial charge in [-0.3, -0.25) is 4.90 Å². The minimum absolute atomic E-state index is 0.109. The fourth-order valence-electron chi connectivity index (χ4n) is 2.12. The lowest BCUT2D eigenvalue weighted by Gasteiger charge is -2.34. The molecule has 2 atom stereocenters. The Hall–Kier alpha value is -0.710. The van der Waals surface area contributed by atoms with E-state index in [2.05, 4.69) is 44.6 Å². The van der Waals surface area contributed by atoms with Crippen molar-refractivity contribution in [2.45, 2.75) is 45.3 Å². The Morgan fingerprint density at radius 1 is 1.58 bits per heavy atom. The van der Waals surface area contributed by atoms with E-state index in [0.717, 1.165) is 30.4 Å². The molecule has 0 aliphatic carbocycles. The van der Waals surface area contributed by atoms with E-state index in [-0.39, 0.29) is 11.5 Å². The molecule has 0 radical (unpaired) electrons. The van der Waals surface area contributed by atoms with Crippen molar-refractivity contribution in [3.05, 3.63) is 28.7 Å². The highest BCUT2D eigenvalue weighted by molar-refractivity contribution is 7.09. The fourth-order valence-corrected chi connectivity index (χ4v) is 3.20. The molecule has 0 spiro atoms. The Kier molecular flexibility index (Phi) is 4.43. The van der Waals surface area contributed by atoms with Crippen LogP contribution in [0.15, 0.2) is 18.0 Å². The van der Waals surface area contributed by atoms with Gasteiger partial charge in [-0.05, 0) is 6.92 Å². The zero-order valence-corrected chi connectivity index (χ0v) is 13.2. The average molecular weight is 280 g/mol. The highest BCUT2D eigenvalue weighted by atomic mass is 32.1.